The van der Waals surface area contributed by atoms with E-state index in [1.54, 1.807) is 20.8 Å². The van der Waals surface area contributed by atoms with Crippen molar-refractivity contribution in [3.8, 4) is 0 Å². The fourth-order valence-electron chi connectivity index (χ4n) is 2.37. The third-order valence-corrected chi connectivity index (χ3v) is 4.71. The van der Waals surface area contributed by atoms with Crippen LogP contribution < -0.4 is 9.44 Å². The quantitative estimate of drug-likeness (QED) is 0.710. The zero-order valence-electron chi connectivity index (χ0n) is 11.8. The molecular formula is C12H24N2O4S. The SMILES string of the molecule is CC(C)(C)NS(=O)(=O)NCC1(C(=O)O)CCCCC1. The Hall–Kier alpha value is -0.660. The van der Waals surface area contributed by atoms with E-state index in [9.17, 15) is 18.3 Å². The normalized spacial score (nSPS) is 20.2. The molecule has 1 rings (SSSR count). The van der Waals surface area contributed by atoms with Crippen molar-refractivity contribution in [2.75, 3.05) is 6.54 Å². The summed E-state index contributed by atoms with van der Waals surface area (Å²) < 4.78 is 28.5. The molecule has 0 unspecified atom stereocenters. The van der Waals surface area contributed by atoms with Gasteiger partial charge in [-0.1, -0.05) is 19.3 Å². The van der Waals surface area contributed by atoms with Gasteiger partial charge in [0.1, 0.15) is 0 Å². The maximum absolute atomic E-state index is 11.8. The number of nitrogens with one attached hydrogen (secondary N) is 2. The summed E-state index contributed by atoms with van der Waals surface area (Å²) in [5.74, 6) is -0.911. The lowest BCUT2D eigenvalue weighted by Crippen LogP contribution is -2.51. The summed E-state index contributed by atoms with van der Waals surface area (Å²) >= 11 is 0. The Bertz CT molecular complexity index is 420. The van der Waals surface area contributed by atoms with Crippen LogP contribution >= 0.6 is 0 Å². The summed E-state index contributed by atoms with van der Waals surface area (Å²) in [5.41, 5.74) is -1.54. The molecule has 0 atom stereocenters. The molecule has 19 heavy (non-hydrogen) atoms. The van der Waals surface area contributed by atoms with E-state index in [1.165, 1.54) is 0 Å². The Morgan fingerprint density at radius 1 is 1.21 bits per heavy atom. The maximum atomic E-state index is 11.8. The first-order chi connectivity index (χ1) is 8.56. The van der Waals surface area contributed by atoms with Gasteiger partial charge in [0, 0.05) is 12.1 Å². The van der Waals surface area contributed by atoms with Gasteiger partial charge in [-0.05, 0) is 33.6 Å². The zero-order valence-corrected chi connectivity index (χ0v) is 12.6. The van der Waals surface area contributed by atoms with Crippen molar-refractivity contribution in [1.29, 1.82) is 0 Å². The summed E-state index contributed by atoms with van der Waals surface area (Å²) in [5, 5.41) is 9.36. The fraction of sp³-hybridized carbons (Fsp3) is 0.917. The third kappa shape index (κ3) is 5.08. The highest BCUT2D eigenvalue weighted by molar-refractivity contribution is 7.87. The van der Waals surface area contributed by atoms with E-state index >= 15 is 0 Å². The van der Waals surface area contributed by atoms with Crippen LogP contribution in [-0.2, 0) is 15.0 Å². The molecule has 0 aromatic heterocycles. The number of hydrogen-bond donors (Lipinski definition) is 3. The van der Waals surface area contributed by atoms with Crippen LogP contribution in [0.5, 0.6) is 0 Å². The second kappa shape index (κ2) is 5.76. The van der Waals surface area contributed by atoms with E-state index in [2.05, 4.69) is 9.44 Å². The smallest absolute Gasteiger partial charge is 0.310 e. The number of hydrogen-bond acceptors (Lipinski definition) is 3. The van der Waals surface area contributed by atoms with E-state index < -0.39 is 27.1 Å². The van der Waals surface area contributed by atoms with Crippen LogP contribution in [0.15, 0.2) is 0 Å². The van der Waals surface area contributed by atoms with Crippen molar-refractivity contribution in [3.63, 3.8) is 0 Å². The summed E-state index contributed by atoms with van der Waals surface area (Å²) in [6, 6.07) is 0. The number of carboxylic acid groups (broad SMARTS) is 1. The first kappa shape index (κ1) is 16.4. The number of carboxylic acids is 1. The molecule has 7 heteroatoms. The van der Waals surface area contributed by atoms with E-state index in [1.807, 2.05) is 0 Å². The van der Waals surface area contributed by atoms with Crippen molar-refractivity contribution >= 4 is 16.2 Å². The van der Waals surface area contributed by atoms with Crippen LogP contribution in [-0.4, -0.2) is 31.6 Å². The Morgan fingerprint density at radius 2 is 1.74 bits per heavy atom. The molecule has 1 aliphatic carbocycles. The molecule has 0 aliphatic heterocycles. The van der Waals surface area contributed by atoms with Gasteiger partial charge in [0.15, 0.2) is 0 Å². The van der Waals surface area contributed by atoms with Gasteiger partial charge in [0.25, 0.3) is 10.2 Å². The van der Waals surface area contributed by atoms with Crippen LogP contribution in [0.4, 0.5) is 0 Å². The lowest BCUT2D eigenvalue weighted by Gasteiger charge is -2.33. The lowest BCUT2D eigenvalue weighted by atomic mass is 9.74. The van der Waals surface area contributed by atoms with E-state index in [-0.39, 0.29) is 6.54 Å². The van der Waals surface area contributed by atoms with Crippen molar-refractivity contribution in [3.05, 3.63) is 0 Å². The van der Waals surface area contributed by atoms with Gasteiger partial charge >= 0.3 is 5.97 Å². The predicted molar refractivity (Wildman–Crippen MR) is 73.0 cm³/mol. The van der Waals surface area contributed by atoms with Gasteiger partial charge in [0.2, 0.25) is 0 Å². The second-order valence-corrected chi connectivity index (χ2v) is 7.82. The van der Waals surface area contributed by atoms with Gasteiger partial charge in [-0.15, -0.1) is 0 Å². The standard InChI is InChI=1S/C12H24N2O4S/c1-11(2,3)14-19(17,18)13-9-12(10(15)16)7-5-4-6-8-12/h13-14H,4-9H2,1-3H3,(H,15,16). The van der Waals surface area contributed by atoms with Gasteiger partial charge in [-0.25, -0.2) is 4.72 Å². The number of carbonyl (C=O) groups is 1. The molecule has 0 radical (unpaired) electrons. The molecule has 112 valence electrons. The van der Waals surface area contributed by atoms with Gasteiger partial charge in [0.05, 0.1) is 5.41 Å². The van der Waals surface area contributed by atoms with E-state index in [4.69, 9.17) is 0 Å². The largest absolute Gasteiger partial charge is 0.481 e. The minimum absolute atomic E-state index is 0.0479. The highest BCUT2D eigenvalue weighted by Gasteiger charge is 2.40. The molecule has 0 saturated heterocycles. The summed E-state index contributed by atoms with van der Waals surface area (Å²) in [4.78, 5) is 11.4. The Balaban J connectivity index is 2.69. The summed E-state index contributed by atoms with van der Waals surface area (Å²) in [6.45, 7) is 5.16. The topological polar surface area (TPSA) is 95.5 Å². The molecule has 0 spiro atoms. The average Bonchev–Trinajstić information content (AvgIpc) is 2.24. The molecule has 1 fully saturated rings. The van der Waals surface area contributed by atoms with Crippen molar-refractivity contribution in [1.82, 2.24) is 9.44 Å². The molecule has 6 nitrogen and oxygen atoms in total. The number of aliphatic carboxylic acids is 1. The molecule has 0 aromatic rings. The zero-order chi connectivity index (χ0) is 14.7. The van der Waals surface area contributed by atoms with Crippen LogP contribution in [0.1, 0.15) is 52.9 Å². The molecule has 0 bridgehead atoms. The van der Waals surface area contributed by atoms with Crippen LogP contribution in [0.2, 0.25) is 0 Å². The minimum atomic E-state index is -3.67. The molecule has 0 amide bonds. The van der Waals surface area contributed by atoms with Crippen molar-refractivity contribution < 1.29 is 18.3 Å². The number of rotatable bonds is 5. The Morgan fingerprint density at radius 3 is 2.16 bits per heavy atom. The summed E-state index contributed by atoms with van der Waals surface area (Å²) in [6.07, 6.45) is 3.74. The first-order valence-corrected chi connectivity index (χ1v) is 8.07. The van der Waals surface area contributed by atoms with Crippen LogP contribution in [0, 0.1) is 5.41 Å². The van der Waals surface area contributed by atoms with Gasteiger partial charge in [-0.3, -0.25) is 4.79 Å². The molecular weight excluding hydrogens is 268 g/mol. The highest BCUT2D eigenvalue weighted by Crippen LogP contribution is 2.36. The Labute approximate surface area is 115 Å². The lowest BCUT2D eigenvalue weighted by molar-refractivity contribution is -0.150. The van der Waals surface area contributed by atoms with Crippen LogP contribution in [0.3, 0.4) is 0 Å². The van der Waals surface area contributed by atoms with Crippen molar-refractivity contribution in [2.45, 2.75) is 58.4 Å². The van der Waals surface area contributed by atoms with Crippen LogP contribution in [0.25, 0.3) is 0 Å². The second-order valence-electron chi connectivity index (χ2n) is 6.32. The monoisotopic (exact) mass is 292 g/mol. The van der Waals surface area contributed by atoms with Crippen molar-refractivity contribution in [2.24, 2.45) is 5.41 Å². The molecule has 1 aliphatic rings. The molecule has 0 aromatic carbocycles. The van der Waals surface area contributed by atoms with E-state index in [0.717, 1.165) is 19.3 Å². The maximum Gasteiger partial charge on any atom is 0.310 e. The fourth-order valence-corrected chi connectivity index (χ4v) is 3.71. The predicted octanol–water partition coefficient (Wildman–Crippen LogP) is 1.24. The minimum Gasteiger partial charge on any atom is -0.481 e. The molecule has 3 N–H and O–H groups in total. The van der Waals surface area contributed by atoms with E-state index in [0.29, 0.717) is 12.8 Å². The first-order valence-electron chi connectivity index (χ1n) is 6.58. The molecule has 1 saturated carbocycles. The Kier molecular flexibility index (Phi) is 4.97. The summed E-state index contributed by atoms with van der Waals surface area (Å²) in [7, 11) is -3.67. The highest BCUT2D eigenvalue weighted by atomic mass is 32.2. The third-order valence-electron chi connectivity index (χ3n) is 3.31. The average molecular weight is 292 g/mol. The van der Waals surface area contributed by atoms with Gasteiger partial charge in [-0.2, -0.15) is 13.1 Å². The molecule has 0 heterocycles. The van der Waals surface area contributed by atoms with Gasteiger partial charge < -0.3 is 5.11 Å².